The maximum absolute atomic E-state index is 13.3. The summed E-state index contributed by atoms with van der Waals surface area (Å²) in [4.78, 5) is 0. The van der Waals surface area contributed by atoms with E-state index in [4.69, 9.17) is 4.74 Å². The molecule has 0 fully saturated rings. The van der Waals surface area contributed by atoms with Crippen LogP contribution in [0.1, 0.15) is 20.8 Å². The molecule has 0 saturated carbocycles. The van der Waals surface area contributed by atoms with Crippen LogP contribution in [-0.2, 0) is 0 Å². The van der Waals surface area contributed by atoms with Crippen molar-refractivity contribution < 1.29 is 9.13 Å². The number of nitrogens with one attached hydrogen (secondary N) is 1. The lowest BCUT2D eigenvalue weighted by atomic mass is 10.1. The van der Waals surface area contributed by atoms with E-state index < -0.39 is 5.60 Å². The quantitative estimate of drug-likeness (QED) is 0.808. The standard InChI is InChI=1S/C12H18FNO/c1-4-14-9-12(2,3)15-11-8-6-5-7-10(11)13/h5-8,14H,4,9H2,1-3H3. The van der Waals surface area contributed by atoms with Crippen LogP contribution in [0.5, 0.6) is 5.75 Å². The third-order valence-electron chi connectivity index (χ3n) is 2.02. The van der Waals surface area contributed by atoms with Crippen molar-refractivity contribution in [3.63, 3.8) is 0 Å². The lowest BCUT2D eigenvalue weighted by Gasteiger charge is -2.26. The molecule has 0 aliphatic heterocycles. The topological polar surface area (TPSA) is 21.3 Å². The predicted molar refractivity (Wildman–Crippen MR) is 59.7 cm³/mol. The minimum Gasteiger partial charge on any atom is -0.483 e. The summed E-state index contributed by atoms with van der Waals surface area (Å²) in [6, 6.07) is 6.46. The second kappa shape index (κ2) is 5.12. The fraction of sp³-hybridized carbons (Fsp3) is 0.500. The van der Waals surface area contributed by atoms with Crippen LogP contribution >= 0.6 is 0 Å². The molecule has 0 atom stereocenters. The van der Waals surface area contributed by atoms with Gasteiger partial charge in [-0.2, -0.15) is 0 Å². The molecule has 0 aliphatic carbocycles. The summed E-state index contributed by atoms with van der Waals surface area (Å²) in [7, 11) is 0. The van der Waals surface area contributed by atoms with Gasteiger partial charge < -0.3 is 10.1 Å². The number of halogens is 1. The van der Waals surface area contributed by atoms with Crippen molar-refractivity contribution in [2.24, 2.45) is 0 Å². The van der Waals surface area contributed by atoms with Gasteiger partial charge in [0.15, 0.2) is 11.6 Å². The van der Waals surface area contributed by atoms with E-state index in [1.54, 1.807) is 18.2 Å². The molecule has 1 rings (SSSR count). The van der Waals surface area contributed by atoms with Crippen LogP contribution in [0.15, 0.2) is 24.3 Å². The van der Waals surface area contributed by atoms with Gasteiger partial charge in [-0.3, -0.25) is 0 Å². The summed E-state index contributed by atoms with van der Waals surface area (Å²) in [5, 5.41) is 3.18. The molecule has 0 aromatic heterocycles. The minimum absolute atomic E-state index is 0.306. The molecule has 1 aromatic carbocycles. The Morgan fingerprint density at radius 2 is 2.00 bits per heavy atom. The van der Waals surface area contributed by atoms with Gasteiger partial charge >= 0.3 is 0 Å². The molecule has 0 heterocycles. The van der Waals surface area contributed by atoms with Crippen LogP contribution in [0.3, 0.4) is 0 Å². The smallest absolute Gasteiger partial charge is 0.165 e. The predicted octanol–water partition coefficient (Wildman–Crippen LogP) is 2.59. The average molecular weight is 211 g/mol. The molecule has 0 radical (unpaired) electrons. The Morgan fingerprint density at radius 3 is 2.60 bits per heavy atom. The second-order valence-electron chi connectivity index (χ2n) is 4.07. The Labute approximate surface area is 90.4 Å². The maximum Gasteiger partial charge on any atom is 0.165 e. The average Bonchev–Trinajstić information content (AvgIpc) is 2.18. The summed E-state index contributed by atoms with van der Waals surface area (Å²) in [6.07, 6.45) is 0. The summed E-state index contributed by atoms with van der Waals surface area (Å²) < 4.78 is 18.9. The molecule has 0 saturated heterocycles. The number of likely N-dealkylation sites (N-methyl/N-ethyl adjacent to an activating group) is 1. The van der Waals surface area contributed by atoms with E-state index >= 15 is 0 Å². The highest BCUT2D eigenvalue weighted by Crippen LogP contribution is 2.21. The van der Waals surface area contributed by atoms with Gasteiger partial charge in [0.25, 0.3) is 0 Å². The van der Waals surface area contributed by atoms with E-state index in [0.717, 1.165) is 6.54 Å². The van der Waals surface area contributed by atoms with Crippen molar-refractivity contribution in [3.05, 3.63) is 30.1 Å². The molecular formula is C12H18FNO. The molecular weight excluding hydrogens is 193 g/mol. The van der Waals surface area contributed by atoms with Crippen molar-refractivity contribution in [2.45, 2.75) is 26.4 Å². The number of benzene rings is 1. The normalized spacial score (nSPS) is 11.5. The van der Waals surface area contributed by atoms with E-state index in [1.165, 1.54) is 6.07 Å². The molecule has 1 aromatic rings. The van der Waals surface area contributed by atoms with Gasteiger partial charge in [-0.05, 0) is 32.5 Å². The van der Waals surface area contributed by atoms with Crippen molar-refractivity contribution in [1.29, 1.82) is 0 Å². The second-order valence-corrected chi connectivity index (χ2v) is 4.07. The number of hydrogen-bond acceptors (Lipinski definition) is 2. The summed E-state index contributed by atoms with van der Waals surface area (Å²) >= 11 is 0. The Balaban J connectivity index is 2.64. The van der Waals surface area contributed by atoms with E-state index in [0.29, 0.717) is 12.3 Å². The van der Waals surface area contributed by atoms with Crippen molar-refractivity contribution >= 4 is 0 Å². The van der Waals surface area contributed by atoms with Gasteiger partial charge in [0, 0.05) is 6.54 Å². The highest BCUT2D eigenvalue weighted by Gasteiger charge is 2.20. The monoisotopic (exact) mass is 211 g/mol. The summed E-state index contributed by atoms with van der Waals surface area (Å²) in [5.74, 6) is -0.0116. The van der Waals surface area contributed by atoms with Crippen LogP contribution in [0, 0.1) is 5.82 Å². The van der Waals surface area contributed by atoms with Crippen molar-refractivity contribution in [3.8, 4) is 5.75 Å². The zero-order valence-corrected chi connectivity index (χ0v) is 9.51. The molecule has 1 N–H and O–H groups in total. The van der Waals surface area contributed by atoms with Crippen LogP contribution < -0.4 is 10.1 Å². The largest absolute Gasteiger partial charge is 0.483 e. The molecule has 0 unspecified atom stereocenters. The molecule has 0 amide bonds. The van der Waals surface area contributed by atoms with Crippen LogP contribution in [-0.4, -0.2) is 18.7 Å². The van der Waals surface area contributed by atoms with Gasteiger partial charge in [0.1, 0.15) is 5.60 Å². The Kier molecular flexibility index (Phi) is 4.09. The highest BCUT2D eigenvalue weighted by atomic mass is 19.1. The fourth-order valence-electron chi connectivity index (χ4n) is 1.29. The van der Waals surface area contributed by atoms with Crippen molar-refractivity contribution in [1.82, 2.24) is 5.32 Å². The zero-order valence-electron chi connectivity index (χ0n) is 9.51. The van der Waals surface area contributed by atoms with Gasteiger partial charge in [0.05, 0.1) is 0 Å². The fourth-order valence-corrected chi connectivity index (χ4v) is 1.29. The van der Waals surface area contributed by atoms with Gasteiger partial charge in [-0.1, -0.05) is 19.1 Å². The van der Waals surface area contributed by atoms with E-state index in [-0.39, 0.29) is 5.82 Å². The number of para-hydroxylation sites is 1. The van der Waals surface area contributed by atoms with Gasteiger partial charge in [-0.25, -0.2) is 4.39 Å². The minimum atomic E-state index is -0.405. The lowest BCUT2D eigenvalue weighted by Crippen LogP contribution is -2.40. The first kappa shape index (κ1) is 12.0. The van der Waals surface area contributed by atoms with Gasteiger partial charge in [-0.15, -0.1) is 0 Å². The molecule has 0 spiro atoms. The number of hydrogen-bond donors (Lipinski definition) is 1. The molecule has 0 bridgehead atoms. The first-order valence-corrected chi connectivity index (χ1v) is 5.19. The van der Waals surface area contributed by atoms with Crippen LogP contribution in [0.2, 0.25) is 0 Å². The van der Waals surface area contributed by atoms with E-state index in [1.807, 2.05) is 20.8 Å². The lowest BCUT2D eigenvalue weighted by molar-refractivity contribution is 0.103. The zero-order chi connectivity index (χ0) is 11.3. The third kappa shape index (κ3) is 3.88. The highest BCUT2D eigenvalue weighted by molar-refractivity contribution is 5.24. The molecule has 15 heavy (non-hydrogen) atoms. The number of rotatable bonds is 5. The summed E-state index contributed by atoms with van der Waals surface area (Å²) in [5.41, 5.74) is -0.405. The molecule has 0 aliphatic rings. The molecule has 3 heteroatoms. The molecule has 2 nitrogen and oxygen atoms in total. The van der Waals surface area contributed by atoms with E-state index in [9.17, 15) is 4.39 Å². The Hall–Kier alpha value is -1.09. The Bertz CT molecular complexity index is 312. The first-order chi connectivity index (χ1) is 7.05. The first-order valence-electron chi connectivity index (χ1n) is 5.19. The van der Waals surface area contributed by atoms with Crippen LogP contribution in [0.4, 0.5) is 4.39 Å². The number of ether oxygens (including phenoxy) is 1. The summed E-state index contributed by atoms with van der Waals surface area (Å²) in [6.45, 7) is 7.46. The van der Waals surface area contributed by atoms with Crippen molar-refractivity contribution in [2.75, 3.05) is 13.1 Å². The van der Waals surface area contributed by atoms with Crippen LogP contribution in [0.25, 0.3) is 0 Å². The Morgan fingerprint density at radius 1 is 1.33 bits per heavy atom. The molecule has 84 valence electrons. The van der Waals surface area contributed by atoms with E-state index in [2.05, 4.69) is 5.32 Å². The SMILES string of the molecule is CCNCC(C)(C)Oc1ccccc1F. The maximum atomic E-state index is 13.3. The third-order valence-corrected chi connectivity index (χ3v) is 2.02. The van der Waals surface area contributed by atoms with Gasteiger partial charge in [0.2, 0.25) is 0 Å².